The number of methoxy groups -OCH3 is 1. The van der Waals surface area contributed by atoms with E-state index in [1.54, 1.807) is 7.11 Å². The normalized spacial score (nSPS) is 10.3. The Balaban J connectivity index is 1.44. The molecule has 3 aromatic rings. The van der Waals surface area contributed by atoms with E-state index in [4.69, 9.17) is 9.47 Å². The molecule has 3 rings (SSSR count). The topological polar surface area (TPSA) is 47.6 Å². The quantitative estimate of drug-likeness (QED) is 0.615. The number of amides is 1. The van der Waals surface area contributed by atoms with Crippen molar-refractivity contribution in [2.24, 2.45) is 0 Å². The van der Waals surface area contributed by atoms with Gasteiger partial charge in [-0.1, -0.05) is 66.7 Å². The van der Waals surface area contributed by atoms with Crippen LogP contribution in [0.4, 0.5) is 0 Å². The fourth-order valence-electron chi connectivity index (χ4n) is 2.78. The third-order valence-electron chi connectivity index (χ3n) is 4.18. The molecule has 0 aliphatic rings. The predicted octanol–water partition coefficient (Wildman–Crippen LogP) is 4.10. The smallest absolute Gasteiger partial charge is 0.224 e. The van der Waals surface area contributed by atoms with Crippen LogP contribution in [0.15, 0.2) is 78.9 Å². The summed E-state index contributed by atoms with van der Waals surface area (Å²) in [5.41, 5.74) is 3.30. The molecule has 0 unspecified atom stereocenters. The van der Waals surface area contributed by atoms with E-state index in [1.165, 1.54) is 5.56 Å². The van der Waals surface area contributed by atoms with Crippen LogP contribution < -0.4 is 14.8 Å². The minimum Gasteiger partial charge on any atom is -0.493 e. The molecule has 4 heteroatoms. The molecule has 138 valence electrons. The largest absolute Gasteiger partial charge is 0.493 e. The number of para-hydroxylation sites is 2. The van der Waals surface area contributed by atoms with Crippen LogP contribution in [0, 0.1) is 0 Å². The van der Waals surface area contributed by atoms with Gasteiger partial charge in [0, 0.05) is 0 Å². The summed E-state index contributed by atoms with van der Waals surface area (Å²) in [5, 5.41) is 2.88. The van der Waals surface area contributed by atoms with Gasteiger partial charge in [0.2, 0.25) is 5.91 Å². The number of ether oxygens (including phenoxy) is 2. The highest BCUT2D eigenvalue weighted by Crippen LogP contribution is 2.25. The molecule has 1 amide bonds. The highest BCUT2D eigenvalue weighted by Gasteiger charge is 2.05. The number of carbonyl (C=O) groups excluding carboxylic acids is 1. The van der Waals surface area contributed by atoms with Crippen LogP contribution in [0.3, 0.4) is 0 Å². The first-order chi connectivity index (χ1) is 13.3. The molecule has 27 heavy (non-hydrogen) atoms. The van der Waals surface area contributed by atoms with Crippen molar-refractivity contribution in [1.29, 1.82) is 0 Å². The standard InChI is InChI=1S/C23H23NO3/c1-26-21-9-5-6-10-22(21)27-16-15-24-23(25)17-18-11-13-20(14-12-18)19-7-3-2-4-8-19/h2-14H,15-17H2,1H3,(H,24,25). The van der Waals surface area contributed by atoms with E-state index in [0.717, 1.165) is 11.1 Å². The van der Waals surface area contributed by atoms with E-state index in [-0.39, 0.29) is 5.91 Å². The van der Waals surface area contributed by atoms with E-state index in [0.29, 0.717) is 31.1 Å². The second-order valence-corrected chi connectivity index (χ2v) is 6.09. The SMILES string of the molecule is COc1ccccc1OCCNC(=O)Cc1ccc(-c2ccccc2)cc1. The van der Waals surface area contributed by atoms with Crippen LogP contribution in [0.5, 0.6) is 11.5 Å². The Morgan fingerprint density at radius 1 is 0.815 bits per heavy atom. The van der Waals surface area contributed by atoms with Crippen LogP contribution >= 0.6 is 0 Å². The van der Waals surface area contributed by atoms with Crippen molar-refractivity contribution in [2.45, 2.75) is 6.42 Å². The summed E-state index contributed by atoms with van der Waals surface area (Å²) in [6, 6.07) is 25.7. The molecule has 0 radical (unpaired) electrons. The van der Waals surface area contributed by atoms with Gasteiger partial charge < -0.3 is 14.8 Å². The Bertz CT molecular complexity index is 860. The molecule has 0 aromatic heterocycles. The first-order valence-corrected chi connectivity index (χ1v) is 8.93. The predicted molar refractivity (Wildman–Crippen MR) is 107 cm³/mol. The Morgan fingerprint density at radius 2 is 1.44 bits per heavy atom. The first kappa shape index (κ1) is 18.5. The van der Waals surface area contributed by atoms with Crippen molar-refractivity contribution in [3.63, 3.8) is 0 Å². The number of hydrogen-bond donors (Lipinski definition) is 1. The Kier molecular flexibility index (Phi) is 6.47. The summed E-state index contributed by atoms with van der Waals surface area (Å²) in [6.45, 7) is 0.831. The van der Waals surface area contributed by atoms with Crippen molar-refractivity contribution in [2.75, 3.05) is 20.3 Å². The highest BCUT2D eigenvalue weighted by molar-refractivity contribution is 5.78. The molecule has 0 saturated carbocycles. The monoisotopic (exact) mass is 361 g/mol. The van der Waals surface area contributed by atoms with E-state index < -0.39 is 0 Å². The van der Waals surface area contributed by atoms with Gasteiger partial charge in [0.25, 0.3) is 0 Å². The van der Waals surface area contributed by atoms with Gasteiger partial charge in [-0.15, -0.1) is 0 Å². The first-order valence-electron chi connectivity index (χ1n) is 8.93. The highest BCUT2D eigenvalue weighted by atomic mass is 16.5. The summed E-state index contributed by atoms with van der Waals surface area (Å²) < 4.78 is 10.9. The third-order valence-corrected chi connectivity index (χ3v) is 4.18. The summed E-state index contributed by atoms with van der Waals surface area (Å²) >= 11 is 0. The van der Waals surface area contributed by atoms with E-state index in [9.17, 15) is 4.79 Å². The van der Waals surface area contributed by atoms with Gasteiger partial charge in [-0.25, -0.2) is 0 Å². The minimum absolute atomic E-state index is 0.0221. The average molecular weight is 361 g/mol. The lowest BCUT2D eigenvalue weighted by molar-refractivity contribution is -0.120. The summed E-state index contributed by atoms with van der Waals surface area (Å²) in [5.74, 6) is 1.33. The Morgan fingerprint density at radius 3 is 2.15 bits per heavy atom. The molecule has 0 atom stereocenters. The molecular formula is C23H23NO3. The van der Waals surface area contributed by atoms with E-state index >= 15 is 0 Å². The van der Waals surface area contributed by atoms with Gasteiger partial charge in [-0.05, 0) is 28.8 Å². The van der Waals surface area contributed by atoms with Crippen LogP contribution in [-0.2, 0) is 11.2 Å². The van der Waals surface area contributed by atoms with Crippen molar-refractivity contribution in [3.8, 4) is 22.6 Å². The zero-order valence-electron chi connectivity index (χ0n) is 15.4. The molecule has 1 N–H and O–H groups in total. The lowest BCUT2D eigenvalue weighted by Gasteiger charge is -2.11. The Hall–Kier alpha value is -3.27. The van der Waals surface area contributed by atoms with E-state index in [1.807, 2.05) is 66.7 Å². The summed E-state index contributed by atoms with van der Waals surface area (Å²) in [4.78, 5) is 12.1. The molecule has 0 saturated heterocycles. The number of rotatable bonds is 8. The molecule has 0 aliphatic carbocycles. The van der Waals surface area contributed by atoms with E-state index in [2.05, 4.69) is 17.4 Å². The van der Waals surface area contributed by atoms with Crippen LogP contribution in [0.25, 0.3) is 11.1 Å². The van der Waals surface area contributed by atoms with Crippen molar-refractivity contribution in [1.82, 2.24) is 5.32 Å². The number of nitrogens with one attached hydrogen (secondary N) is 1. The minimum atomic E-state index is -0.0221. The maximum Gasteiger partial charge on any atom is 0.224 e. The number of benzene rings is 3. The van der Waals surface area contributed by atoms with Crippen LogP contribution in [-0.4, -0.2) is 26.2 Å². The van der Waals surface area contributed by atoms with Gasteiger partial charge in [0.15, 0.2) is 11.5 Å². The summed E-state index contributed by atoms with van der Waals surface area (Å²) in [7, 11) is 1.60. The van der Waals surface area contributed by atoms with Crippen molar-refractivity contribution in [3.05, 3.63) is 84.4 Å². The van der Waals surface area contributed by atoms with Crippen molar-refractivity contribution < 1.29 is 14.3 Å². The van der Waals surface area contributed by atoms with Gasteiger partial charge >= 0.3 is 0 Å². The molecule has 0 heterocycles. The van der Waals surface area contributed by atoms with Gasteiger partial charge in [-0.3, -0.25) is 4.79 Å². The third kappa shape index (κ3) is 5.35. The van der Waals surface area contributed by atoms with Gasteiger partial charge in [0.1, 0.15) is 6.61 Å². The molecule has 0 aliphatic heterocycles. The maximum atomic E-state index is 12.1. The average Bonchev–Trinajstić information content (AvgIpc) is 2.73. The number of hydrogen-bond acceptors (Lipinski definition) is 3. The molecule has 0 spiro atoms. The zero-order chi connectivity index (χ0) is 18.9. The van der Waals surface area contributed by atoms with Crippen LogP contribution in [0.1, 0.15) is 5.56 Å². The molecule has 4 nitrogen and oxygen atoms in total. The maximum absolute atomic E-state index is 12.1. The number of carbonyl (C=O) groups is 1. The molecule has 0 bridgehead atoms. The lowest BCUT2D eigenvalue weighted by atomic mass is 10.0. The fourth-order valence-corrected chi connectivity index (χ4v) is 2.78. The fraction of sp³-hybridized carbons (Fsp3) is 0.174. The Labute approximate surface area is 159 Å². The summed E-state index contributed by atoms with van der Waals surface area (Å²) in [6.07, 6.45) is 0.351. The van der Waals surface area contributed by atoms with Crippen LogP contribution in [0.2, 0.25) is 0 Å². The zero-order valence-corrected chi connectivity index (χ0v) is 15.4. The lowest BCUT2D eigenvalue weighted by Crippen LogP contribution is -2.29. The molecule has 0 fully saturated rings. The van der Waals surface area contributed by atoms with Gasteiger partial charge in [0.05, 0.1) is 20.1 Å². The van der Waals surface area contributed by atoms with Crippen molar-refractivity contribution >= 4 is 5.91 Å². The molecular weight excluding hydrogens is 338 g/mol. The second kappa shape index (κ2) is 9.43. The second-order valence-electron chi connectivity index (χ2n) is 6.09. The van der Waals surface area contributed by atoms with Gasteiger partial charge in [-0.2, -0.15) is 0 Å². The molecule has 3 aromatic carbocycles.